The first-order valence-electron chi connectivity index (χ1n) is 13.0. The highest BCUT2D eigenvalue weighted by atomic mass is 16.5. The lowest BCUT2D eigenvalue weighted by atomic mass is 10.0. The molecule has 3 amide bonds. The average Bonchev–Trinajstić information content (AvgIpc) is 3.06. The second-order valence-corrected chi connectivity index (χ2v) is 9.08. The van der Waals surface area contributed by atoms with E-state index in [9.17, 15) is 9.59 Å². The molecule has 1 N–H and O–H groups in total. The molecule has 5 nitrogen and oxygen atoms in total. The van der Waals surface area contributed by atoms with E-state index in [0.29, 0.717) is 13.2 Å². The van der Waals surface area contributed by atoms with E-state index >= 15 is 0 Å². The van der Waals surface area contributed by atoms with Gasteiger partial charge in [0.1, 0.15) is 0 Å². The molecule has 0 bridgehead atoms. The first-order chi connectivity index (χ1) is 15.7. The van der Waals surface area contributed by atoms with Crippen LogP contribution in [0, 0.1) is 0 Å². The Morgan fingerprint density at radius 3 is 1.78 bits per heavy atom. The molecule has 1 unspecified atom stereocenters. The van der Waals surface area contributed by atoms with Crippen LogP contribution in [-0.2, 0) is 16.1 Å². The van der Waals surface area contributed by atoms with Gasteiger partial charge in [0, 0.05) is 6.61 Å². The third-order valence-corrected chi connectivity index (χ3v) is 6.22. The standard InChI is InChI=1S/C27H44N2O3/c1-2-3-4-5-6-7-8-9-10-11-12-13-14-15-19-22-32-26-25(30)28-27(31)29(26)23-24-20-17-16-18-21-24/h16-18,20-21,26H,2-15,19,22-23H2,1H3,(H,28,30,31). The summed E-state index contributed by atoms with van der Waals surface area (Å²) in [6, 6.07) is 9.31. The number of hydrogen-bond acceptors (Lipinski definition) is 3. The van der Waals surface area contributed by atoms with Gasteiger partial charge in [-0.2, -0.15) is 0 Å². The predicted octanol–water partition coefficient (Wildman–Crippen LogP) is 6.95. The van der Waals surface area contributed by atoms with Crippen LogP contribution in [-0.4, -0.2) is 29.7 Å². The Morgan fingerprint density at radius 2 is 1.25 bits per heavy atom. The summed E-state index contributed by atoms with van der Waals surface area (Å²) in [5.74, 6) is -0.355. The number of ether oxygens (including phenoxy) is 1. The molecule has 0 aromatic heterocycles. The van der Waals surface area contributed by atoms with Gasteiger partial charge >= 0.3 is 6.03 Å². The van der Waals surface area contributed by atoms with Gasteiger partial charge in [-0.15, -0.1) is 0 Å². The monoisotopic (exact) mass is 444 g/mol. The van der Waals surface area contributed by atoms with Crippen molar-refractivity contribution in [2.45, 2.75) is 116 Å². The molecule has 0 spiro atoms. The van der Waals surface area contributed by atoms with Crippen molar-refractivity contribution in [2.24, 2.45) is 0 Å². The normalized spacial score (nSPS) is 16.0. The summed E-state index contributed by atoms with van der Waals surface area (Å²) in [5.41, 5.74) is 0.984. The molecule has 0 aliphatic carbocycles. The van der Waals surface area contributed by atoms with Gasteiger partial charge in [0.2, 0.25) is 6.23 Å². The number of urea groups is 1. The van der Waals surface area contributed by atoms with Gasteiger partial charge in [-0.05, 0) is 12.0 Å². The highest BCUT2D eigenvalue weighted by Gasteiger charge is 2.39. The highest BCUT2D eigenvalue weighted by Crippen LogP contribution is 2.17. The molecule has 1 aliphatic heterocycles. The number of benzene rings is 1. The summed E-state index contributed by atoms with van der Waals surface area (Å²) >= 11 is 0. The van der Waals surface area contributed by atoms with Crippen LogP contribution < -0.4 is 5.32 Å². The molecule has 1 aromatic rings. The second-order valence-electron chi connectivity index (χ2n) is 9.08. The maximum absolute atomic E-state index is 12.1. The zero-order valence-electron chi connectivity index (χ0n) is 20.2. The van der Waals surface area contributed by atoms with Crippen molar-refractivity contribution in [2.75, 3.05) is 6.61 Å². The van der Waals surface area contributed by atoms with Crippen molar-refractivity contribution in [3.05, 3.63) is 35.9 Å². The number of carbonyl (C=O) groups excluding carboxylic acids is 2. The number of unbranched alkanes of at least 4 members (excludes halogenated alkanes) is 14. The minimum absolute atomic E-state index is 0.355. The van der Waals surface area contributed by atoms with Crippen molar-refractivity contribution < 1.29 is 14.3 Å². The lowest BCUT2D eigenvalue weighted by molar-refractivity contribution is -0.136. The van der Waals surface area contributed by atoms with Crippen LogP contribution in [0.2, 0.25) is 0 Å². The summed E-state index contributed by atoms with van der Waals surface area (Å²) < 4.78 is 5.78. The Hall–Kier alpha value is -1.88. The van der Waals surface area contributed by atoms with E-state index in [2.05, 4.69) is 12.2 Å². The van der Waals surface area contributed by atoms with E-state index in [0.717, 1.165) is 18.4 Å². The Labute approximate surface area is 195 Å². The molecule has 1 aromatic carbocycles. The lowest BCUT2D eigenvalue weighted by Gasteiger charge is -2.21. The third-order valence-electron chi connectivity index (χ3n) is 6.22. The van der Waals surface area contributed by atoms with Crippen molar-refractivity contribution in [1.82, 2.24) is 10.2 Å². The number of carbonyl (C=O) groups is 2. The zero-order chi connectivity index (χ0) is 22.9. The van der Waals surface area contributed by atoms with E-state index in [1.807, 2.05) is 30.3 Å². The van der Waals surface area contributed by atoms with Gasteiger partial charge in [0.05, 0.1) is 6.54 Å². The van der Waals surface area contributed by atoms with Crippen LogP contribution in [0.5, 0.6) is 0 Å². The molecule has 32 heavy (non-hydrogen) atoms. The van der Waals surface area contributed by atoms with E-state index < -0.39 is 6.23 Å². The van der Waals surface area contributed by atoms with E-state index in [-0.39, 0.29) is 11.9 Å². The smallest absolute Gasteiger partial charge is 0.326 e. The van der Waals surface area contributed by atoms with Crippen molar-refractivity contribution in [3.63, 3.8) is 0 Å². The predicted molar refractivity (Wildman–Crippen MR) is 130 cm³/mol. The molecule has 180 valence electrons. The maximum Gasteiger partial charge on any atom is 0.326 e. The molecule has 2 rings (SSSR count). The third kappa shape index (κ3) is 10.6. The Balaban J connectivity index is 1.44. The molecule has 1 atom stereocenters. The van der Waals surface area contributed by atoms with Crippen molar-refractivity contribution in [1.29, 1.82) is 0 Å². The minimum Gasteiger partial charge on any atom is -0.349 e. The number of hydrogen-bond donors (Lipinski definition) is 1. The van der Waals surface area contributed by atoms with Crippen LogP contribution in [0.15, 0.2) is 30.3 Å². The highest BCUT2D eigenvalue weighted by molar-refractivity contribution is 6.03. The topological polar surface area (TPSA) is 58.6 Å². The summed E-state index contributed by atoms with van der Waals surface area (Å²) in [6.45, 7) is 3.16. The molecular weight excluding hydrogens is 400 g/mol. The molecule has 1 fully saturated rings. The van der Waals surface area contributed by atoms with Crippen molar-refractivity contribution in [3.8, 4) is 0 Å². The molecule has 1 aliphatic rings. The Bertz CT molecular complexity index is 635. The van der Waals surface area contributed by atoms with Crippen LogP contribution >= 0.6 is 0 Å². The van der Waals surface area contributed by atoms with Gasteiger partial charge in [-0.3, -0.25) is 15.0 Å². The number of nitrogens with one attached hydrogen (secondary N) is 1. The number of amides is 3. The van der Waals surface area contributed by atoms with Crippen LogP contribution in [0.25, 0.3) is 0 Å². The van der Waals surface area contributed by atoms with Crippen LogP contribution in [0.1, 0.15) is 109 Å². The van der Waals surface area contributed by atoms with Crippen LogP contribution in [0.3, 0.4) is 0 Å². The average molecular weight is 445 g/mol. The molecular formula is C27H44N2O3. The fraction of sp³-hybridized carbons (Fsp3) is 0.704. The first kappa shape index (κ1) is 26.4. The van der Waals surface area contributed by atoms with Gasteiger partial charge < -0.3 is 4.74 Å². The van der Waals surface area contributed by atoms with E-state index in [1.165, 1.54) is 88.4 Å². The van der Waals surface area contributed by atoms with Gasteiger partial charge in [-0.1, -0.05) is 127 Å². The molecule has 0 radical (unpaired) electrons. The van der Waals surface area contributed by atoms with E-state index in [4.69, 9.17) is 4.74 Å². The molecule has 5 heteroatoms. The summed E-state index contributed by atoms with van der Waals surface area (Å²) in [7, 11) is 0. The number of rotatable bonds is 19. The Kier molecular flexibility index (Phi) is 13.8. The summed E-state index contributed by atoms with van der Waals surface area (Å²) in [4.78, 5) is 25.6. The number of nitrogens with zero attached hydrogens (tertiary/aromatic N) is 1. The quantitative estimate of drug-likeness (QED) is 0.185. The van der Waals surface area contributed by atoms with Gasteiger partial charge in [0.15, 0.2) is 0 Å². The summed E-state index contributed by atoms with van der Waals surface area (Å²) in [6.07, 6.45) is 19.0. The maximum atomic E-state index is 12.1. The molecule has 1 heterocycles. The SMILES string of the molecule is CCCCCCCCCCCCCCCCCOC1C(=O)NC(=O)N1Cc1ccccc1. The van der Waals surface area contributed by atoms with Crippen LogP contribution in [0.4, 0.5) is 4.79 Å². The zero-order valence-corrected chi connectivity index (χ0v) is 20.2. The summed E-state index contributed by atoms with van der Waals surface area (Å²) in [5, 5.41) is 2.36. The number of imide groups is 1. The first-order valence-corrected chi connectivity index (χ1v) is 13.0. The largest absolute Gasteiger partial charge is 0.349 e. The molecule has 1 saturated heterocycles. The fourth-order valence-corrected chi connectivity index (χ4v) is 4.26. The van der Waals surface area contributed by atoms with Gasteiger partial charge in [-0.25, -0.2) is 4.79 Å². The fourth-order valence-electron chi connectivity index (χ4n) is 4.26. The molecule has 0 saturated carbocycles. The minimum atomic E-state index is -0.811. The Morgan fingerprint density at radius 1 is 0.750 bits per heavy atom. The lowest BCUT2D eigenvalue weighted by Crippen LogP contribution is -2.37. The van der Waals surface area contributed by atoms with Gasteiger partial charge in [0.25, 0.3) is 5.91 Å². The second kappa shape index (κ2) is 16.7. The van der Waals surface area contributed by atoms with Crippen molar-refractivity contribution >= 4 is 11.9 Å². The van der Waals surface area contributed by atoms with E-state index in [1.54, 1.807) is 0 Å².